The Kier molecular flexibility index (Phi) is 20.0. The summed E-state index contributed by atoms with van der Waals surface area (Å²) in [6, 6.07) is 5.14. The van der Waals surface area contributed by atoms with Gasteiger partial charge in [-0.2, -0.15) is 0 Å². The van der Waals surface area contributed by atoms with Gasteiger partial charge in [0.15, 0.2) is 24.8 Å². The minimum Gasteiger partial charge on any atom is -0.442 e. The first-order valence-electron chi connectivity index (χ1n) is 32.6. The molecule has 10 fully saturated rings. The lowest BCUT2D eigenvalue weighted by Gasteiger charge is -2.61. The summed E-state index contributed by atoms with van der Waals surface area (Å²) < 4.78 is 15.7. The van der Waals surface area contributed by atoms with E-state index >= 15 is 0 Å². The predicted octanol–water partition coefficient (Wildman–Crippen LogP) is 11.7. The fourth-order valence-electron chi connectivity index (χ4n) is 20.1. The maximum Gasteiger partial charge on any atom is 0.514 e. The number of nitrogens with one attached hydrogen (secondary N) is 1. The van der Waals surface area contributed by atoms with Gasteiger partial charge in [0.25, 0.3) is 5.69 Å². The van der Waals surface area contributed by atoms with Gasteiger partial charge in [-0.05, 0) is 262 Å². The number of ether oxygens (including phenoxy) is 3. The first-order chi connectivity index (χ1) is 39.0. The summed E-state index contributed by atoms with van der Waals surface area (Å²) in [5.41, 5.74) is 4.86. The average molecular weight is 1140 g/mol. The molecule has 16 atom stereocenters. The summed E-state index contributed by atoms with van der Waals surface area (Å²) in [6.45, 7) is 21.4. The van der Waals surface area contributed by atoms with Gasteiger partial charge < -0.3 is 45.3 Å². The first-order valence-corrected chi connectivity index (χ1v) is 32.6. The van der Waals surface area contributed by atoms with Crippen LogP contribution in [0.5, 0.6) is 5.75 Å². The summed E-state index contributed by atoms with van der Waals surface area (Å²) in [4.78, 5) is 66.1. The van der Waals surface area contributed by atoms with Crippen LogP contribution >= 0.6 is 0 Å². The first kappa shape index (κ1) is 62.8. The van der Waals surface area contributed by atoms with Crippen molar-refractivity contribution in [1.82, 2.24) is 15.1 Å². The molecular formula is C66H105N5O11. The normalized spacial score (nSPS) is 40.4. The lowest BCUT2D eigenvalue weighted by Crippen LogP contribution is -2.55. The van der Waals surface area contributed by atoms with E-state index in [1.807, 2.05) is 13.8 Å². The zero-order valence-electron chi connectivity index (χ0n) is 51.1. The number of piperidine rings is 2. The number of benzene rings is 1. The van der Waals surface area contributed by atoms with Crippen molar-refractivity contribution < 1.29 is 48.5 Å². The lowest BCUT2D eigenvalue weighted by atomic mass is 9.44. The summed E-state index contributed by atoms with van der Waals surface area (Å²) in [7, 11) is 0. The van der Waals surface area contributed by atoms with Gasteiger partial charge in [0.05, 0.1) is 16.1 Å². The molecule has 82 heavy (non-hydrogen) atoms. The van der Waals surface area contributed by atoms with Crippen LogP contribution in [0.3, 0.4) is 0 Å². The van der Waals surface area contributed by atoms with Crippen molar-refractivity contribution in [2.24, 2.45) is 86.6 Å². The van der Waals surface area contributed by atoms with Crippen molar-refractivity contribution in [3.63, 3.8) is 0 Å². The monoisotopic (exact) mass is 1140 g/mol. The quantitative estimate of drug-likeness (QED) is 0.0624. The molecule has 460 valence electrons. The van der Waals surface area contributed by atoms with Gasteiger partial charge in [-0.15, -0.1) is 0 Å². The Balaban J connectivity index is 0.000000171. The third-order valence-corrected chi connectivity index (χ3v) is 24.7. The van der Waals surface area contributed by atoms with E-state index < -0.39 is 28.4 Å². The number of Topliss-reactive ketones (excluding diaryl/α,β-unsaturated/α-hetero) is 2. The molecule has 0 spiro atoms. The molecule has 10 aliphatic rings. The van der Waals surface area contributed by atoms with Gasteiger partial charge in [0.2, 0.25) is 0 Å². The third kappa shape index (κ3) is 13.8. The highest BCUT2D eigenvalue weighted by Crippen LogP contribution is 2.70. The van der Waals surface area contributed by atoms with E-state index in [4.69, 9.17) is 19.9 Å². The number of rotatable bonds is 13. The van der Waals surface area contributed by atoms with Crippen molar-refractivity contribution in [3.8, 4) is 5.75 Å². The summed E-state index contributed by atoms with van der Waals surface area (Å²) in [6.07, 6.45) is 25.6. The van der Waals surface area contributed by atoms with Crippen molar-refractivity contribution in [3.05, 3.63) is 34.4 Å². The molecule has 0 radical (unpaired) electrons. The highest BCUT2D eigenvalue weighted by molar-refractivity contribution is 5.86. The molecule has 8 aliphatic carbocycles. The number of non-ortho nitro benzene ring substituents is 1. The zero-order chi connectivity index (χ0) is 58.7. The molecule has 16 heteroatoms. The van der Waals surface area contributed by atoms with Crippen LogP contribution in [0.4, 0.5) is 15.3 Å². The molecule has 1 aromatic carbocycles. The van der Waals surface area contributed by atoms with Gasteiger partial charge in [-0.25, -0.2) is 9.59 Å². The van der Waals surface area contributed by atoms with Gasteiger partial charge in [-0.1, -0.05) is 40.5 Å². The number of hydrogen-bond donors (Lipinski definition) is 4. The number of amides is 1. The second-order valence-electron chi connectivity index (χ2n) is 29.5. The van der Waals surface area contributed by atoms with Crippen molar-refractivity contribution in [1.29, 1.82) is 0 Å². The Labute approximate surface area is 490 Å². The molecule has 4 unspecified atom stereocenters. The van der Waals surface area contributed by atoms with Crippen molar-refractivity contribution in [2.45, 2.75) is 207 Å². The molecule has 2 heterocycles. The van der Waals surface area contributed by atoms with Crippen LogP contribution in [-0.4, -0.2) is 126 Å². The Morgan fingerprint density at radius 2 is 1.04 bits per heavy atom. The van der Waals surface area contributed by atoms with Crippen LogP contribution in [0.15, 0.2) is 24.3 Å². The molecule has 11 rings (SSSR count). The Hall–Kier alpha value is -3.70. The Morgan fingerprint density at radius 3 is 1.50 bits per heavy atom. The third-order valence-electron chi connectivity index (χ3n) is 24.7. The number of carbonyl (C=O) groups excluding carboxylic acids is 4. The van der Waals surface area contributed by atoms with E-state index in [1.165, 1.54) is 102 Å². The molecule has 1 aromatic rings. The predicted molar refractivity (Wildman–Crippen MR) is 316 cm³/mol. The van der Waals surface area contributed by atoms with E-state index in [9.17, 15) is 39.5 Å². The number of nitrogens with zero attached hydrogens (tertiary/aromatic N) is 3. The molecule has 16 nitrogen and oxygen atoms in total. The number of likely N-dealkylation sites (tertiary alicyclic amines) is 2. The molecule has 8 saturated carbocycles. The maximum atomic E-state index is 13.3. The Bertz CT molecular complexity index is 2370. The smallest absolute Gasteiger partial charge is 0.442 e. The van der Waals surface area contributed by atoms with Crippen LogP contribution < -0.4 is 15.8 Å². The summed E-state index contributed by atoms with van der Waals surface area (Å²) >= 11 is 0. The second kappa shape index (κ2) is 26.1. The number of ketones is 2. The minimum absolute atomic E-state index is 0.0159. The van der Waals surface area contributed by atoms with Gasteiger partial charge >= 0.3 is 12.2 Å². The van der Waals surface area contributed by atoms with Crippen LogP contribution in [0.1, 0.15) is 196 Å². The largest absolute Gasteiger partial charge is 0.514 e. The van der Waals surface area contributed by atoms with Crippen LogP contribution in [0, 0.1) is 91.0 Å². The van der Waals surface area contributed by atoms with Crippen molar-refractivity contribution in [2.75, 3.05) is 65.6 Å². The molecule has 1 amide bonds. The maximum absolute atomic E-state index is 13.3. The summed E-state index contributed by atoms with van der Waals surface area (Å²) in [5, 5.41) is 35.0. The van der Waals surface area contributed by atoms with Crippen molar-refractivity contribution >= 4 is 29.5 Å². The number of alkyl carbamates (subject to hydrolysis) is 1. The lowest BCUT2D eigenvalue weighted by molar-refractivity contribution is -0.384. The van der Waals surface area contributed by atoms with Crippen LogP contribution in [-0.2, 0) is 19.1 Å². The van der Waals surface area contributed by atoms with E-state index in [-0.39, 0.29) is 64.3 Å². The fraction of sp³-hybridized carbons (Fsp3) is 0.848. The number of nitro benzene ring substituents is 1. The van der Waals surface area contributed by atoms with E-state index in [2.05, 4.69) is 42.8 Å². The molecule has 5 N–H and O–H groups in total. The standard InChI is InChI=1S/C30H50N2O4.C29H39NO7.C7H16N2/c1-28(35)13-14-29(2)21(19-28)7-8-22-23-9-10-25(30(23,3)12-11-24(22)29)26(33)20-36-27(34)31-15-18-32-16-5-4-6-17-32;1-27(33)14-15-28(2)18(16-27)4-9-21-22-10-11-24(29(22,3)13-12-23(21)28)25(31)17-36-26(32)37-20-7-5-19(6-8-20)30(34)35;8-4-7-9-5-2-1-3-6-9/h21-25,35H,4-20H2,1-3H3,(H,31,34);5-8,18,21-24,33H,4,9-17H2,1-3H3;1-8H2/t21?,22-,23-,24?,25+,28+,29-,30-;18?,21-,22-,23?,24+,27+,28-,29-;/m00./s1. The zero-order valence-corrected chi connectivity index (χ0v) is 51.1. The number of carbonyl (C=O) groups is 4. The molecular weight excluding hydrogens is 1040 g/mol. The van der Waals surface area contributed by atoms with Crippen LogP contribution in [0.2, 0.25) is 0 Å². The topological polar surface area (TPSA) is 224 Å². The number of nitrogens with two attached hydrogens (primary N) is 1. The Morgan fingerprint density at radius 1 is 0.585 bits per heavy atom. The van der Waals surface area contributed by atoms with Gasteiger partial charge in [-0.3, -0.25) is 19.7 Å². The summed E-state index contributed by atoms with van der Waals surface area (Å²) in [5.74, 6) is 5.12. The highest BCUT2D eigenvalue weighted by Gasteiger charge is 2.64. The van der Waals surface area contributed by atoms with E-state index in [0.717, 1.165) is 129 Å². The fourth-order valence-corrected chi connectivity index (χ4v) is 20.1. The molecule has 2 aliphatic heterocycles. The highest BCUT2D eigenvalue weighted by atomic mass is 16.7. The average Bonchev–Trinajstić information content (AvgIpc) is 1.77. The number of fused-ring (bicyclic) bond motifs is 10. The minimum atomic E-state index is -0.981. The van der Waals surface area contributed by atoms with E-state index in [0.29, 0.717) is 53.4 Å². The molecule has 0 aromatic heterocycles. The number of hydrogen-bond acceptors (Lipinski definition) is 14. The molecule has 0 bridgehead atoms. The van der Waals surface area contributed by atoms with Crippen LogP contribution in [0.25, 0.3) is 0 Å². The molecule has 2 saturated heterocycles. The number of aliphatic hydroxyl groups is 2. The van der Waals surface area contributed by atoms with Gasteiger partial charge in [0, 0.05) is 50.1 Å². The van der Waals surface area contributed by atoms with Gasteiger partial charge in [0.1, 0.15) is 5.75 Å². The SMILES string of the molecule is C[C@@]1(O)CC[C@@]2(C)C(CC[C@@H]3C2CC[C@]2(C)[C@@H](C(=O)COC(=O)NCCN4CCCCC4)CC[C@@H]32)C1.C[C@@]1(O)CC[C@@]2(C)C(CC[C@@H]3C2CC[C@]2(C)[C@@H](C(=O)COC(=O)Oc4ccc([N+](=O)[O-])cc4)CC[C@@H]32)C1.NCCN1CCCCC1. The van der Waals surface area contributed by atoms with E-state index in [1.54, 1.807) is 0 Å². The number of nitro groups is 1. The second-order valence-corrected chi connectivity index (χ2v) is 29.5.